The van der Waals surface area contributed by atoms with Gasteiger partial charge in [0.1, 0.15) is 11.9 Å². The van der Waals surface area contributed by atoms with E-state index >= 15 is 0 Å². The van der Waals surface area contributed by atoms with E-state index in [-0.39, 0.29) is 17.2 Å². The zero-order chi connectivity index (χ0) is 15.6. The minimum atomic E-state index is -0.435. The highest BCUT2D eigenvalue weighted by Crippen LogP contribution is 2.47. The fourth-order valence-corrected chi connectivity index (χ4v) is 2.94. The standard InChI is InChI=1S/C15H22N2O4/c1-5-15(2)13(16-3)9-14(15)21-12-7-6-10(20-4)8-11(12)17(18)19/h6-8,13-14,16H,5,9H2,1-4H3. The maximum absolute atomic E-state index is 11.2. The van der Waals surface area contributed by atoms with Crippen LogP contribution in [0.15, 0.2) is 18.2 Å². The Morgan fingerprint density at radius 1 is 1.52 bits per heavy atom. The molecule has 1 saturated carbocycles. The highest BCUT2D eigenvalue weighted by atomic mass is 16.6. The zero-order valence-corrected chi connectivity index (χ0v) is 12.9. The molecule has 116 valence electrons. The summed E-state index contributed by atoms with van der Waals surface area (Å²) < 4.78 is 11.0. The highest BCUT2D eigenvalue weighted by molar-refractivity contribution is 5.51. The molecular formula is C15H22N2O4. The summed E-state index contributed by atoms with van der Waals surface area (Å²) in [6.45, 7) is 4.26. The van der Waals surface area contributed by atoms with E-state index < -0.39 is 4.92 Å². The minimum absolute atomic E-state index is 0.0114. The van der Waals surface area contributed by atoms with Gasteiger partial charge in [-0.2, -0.15) is 0 Å². The maximum Gasteiger partial charge on any atom is 0.314 e. The summed E-state index contributed by atoms with van der Waals surface area (Å²) in [5.74, 6) is 0.758. The molecule has 1 aromatic carbocycles. The van der Waals surface area contributed by atoms with Crippen molar-refractivity contribution in [3.05, 3.63) is 28.3 Å². The summed E-state index contributed by atoms with van der Waals surface area (Å²) >= 11 is 0. The van der Waals surface area contributed by atoms with Gasteiger partial charge in [0, 0.05) is 17.9 Å². The van der Waals surface area contributed by atoms with E-state index in [0.29, 0.717) is 17.5 Å². The fourth-order valence-electron chi connectivity index (χ4n) is 2.94. The molecule has 0 aromatic heterocycles. The number of benzene rings is 1. The third-order valence-corrected chi connectivity index (χ3v) is 4.72. The summed E-state index contributed by atoms with van der Waals surface area (Å²) in [4.78, 5) is 10.8. The normalized spacial score (nSPS) is 27.8. The molecule has 0 bridgehead atoms. The van der Waals surface area contributed by atoms with Crippen molar-refractivity contribution in [2.24, 2.45) is 5.41 Å². The smallest absolute Gasteiger partial charge is 0.314 e. The van der Waals surface area contributed by atoms with Gasteiger partial charge in [-0.05, 0) is 25.6 Å². The van der Waals surface area contributed by atoms with Crippen molar-refractivity contribution in [1.82, 2.24) is 5.32 Å². The van der Waals surface area contributed by atoms with Crippen molar-refractivity contribution >= 4 is 5.69 Å². The van der Waals surface area contributed by atoms with E-state index in [9.17, 15) is 10.1 Å². The van der Waals surface area contributed by atoms with Crippen molar-refractivity contribution in [2.75, 3.05) is 14.2 Å². The van der Waals surface area contributed by atoms with Crippen LogP contribution in [0, 0.1) is 15.5 Å². The molecule has 1 N–H and O–H groups in total. The van der Waals surface area contributed by atoms with Crippen LogP contribution in [0.25, 0.3) is 0 Å². The third kappa shape index (κ3) is 2.68. The summed E-state index contributed by atoms with van der Waals surface area (Å²) in [6, 6.07) is 5.07. The third-order valence-electron chi connectivity index (χ3n) is 4.72. The molecule has 21 heavy (non-hydrogen) atoms. The summed E-state index contributed by atoms with van der Waals surface area (Å²) in [6.07, 6.45) is 1.78. The Balaban J connectivity index is 2.22. The van der Waals surface area contributed by atoms with Gasteiger partial charge in [-0.1, -0.05) is 13.8 Å². The number of methoxy groups -OCH3 is 1. The van der Waals surface area contributed by atoms with Gasteiger partial charge in [-0.3, -0.25) is 10.1 Å². The molecule has 6 heteroatoms. The maximum atomic E-state index is 11.2. The van der Waals surface area contributed by atoms with Crippen molar-refractivity contribution in [3.8, 4) is 11.5 Å². The number of nitrogens with one attached hydrogen (secondary N) is 1. The lowest BCUT2D eigenvalue weighted by atomic mass is 9.61. The predicted octanol–water partition coefficient (Wildman–Crippen LogP) is 2.76. The van der Waals surface area contributed by atoms with Crippen molar-refractivity contribution in [3.63, 3.8) is 0 Å². The topological polar surface area (TPSA) is 73.6 Å². The molecule has 0 amide bonds. The van der Waals surface area contributed by atoms with Crippen LogP contribution < -0.4 is 14.8 Å². The lowest BCUT2D eigenvalue weighted by Crippen LogP contribution is -2.62. The Labute approximate surface area is 124 Å². The van der Waals surface area contributed by atoms with Crippen molar-refractivity contribution < 1.29 is 14.4 Å². The molecule has 1 aliphatic carbocycles. The Morgan fingerprint density at radius 3 is 2.76 bits per heavy atom. The second kappa shape index (κ2) is 5.89. The Morgan fingerprint density at radius 2 is 2.24 bits per heavy atom. The molecule has 0 saturated heterocycles. The van der Waals surface area contributed by atoms with Gasteiger partial charge < -0.3 is 14.8 Å². The molecule has 0 aliphatic heterocycles. The van der Waals surface area contributed by atoms with Gasteiger partial charge in [0.25, 0.3) is 0 Å². The van der Waals surface area contributed by atoms with Crippen LogP contribution in [-0.2, 0) is 0 Å². The van der Waals surface area contributed by atoms with Gasteiger partial charge in [0.05, 0.1) is 18.1 Å². The number of hydrogen-bond donors (Lipinski definition) is 1. The van der Waals surface area contributed by atoms with Gasteiger partial charge in [-0.25, -0.2) is 0 Å². The first-order valence-corrected chi connectivity index (χ1v) is 7.12. The Hall–Kier alpha value is -1.82. The van der Waals surface area contributed by atoms with E-state index in [1.807, 2.05) is 7.05 Å². The van der Waals surface area contributed by atoms with E-state index in [1.165, 1.54) is 13.2 Å². The van der Waals surface area contributed by atoms with Crippen LogP contribution in [0.4, 0.5) is 5.69 Å². The Bertz CT molecular complexity index is 534. The van der Waals surface area contributed by atoms with Crippen molar-refractivity contribution in [2.45, 2.75) is 38.8 Å². The van der Waals surface area contributed by atoms with Crippen LogP contribution in [0.2, 0.25) is 0 Å². The molecule has 1 aliphatic rings. The van der Waals surface area contributed by atoms with Crippen LogP contribution in [0.1, 0.15) is 26.7 Å². The molecule has 1 fully saturated rings. The molecule has 0 spiro atoms. The largest absolute Gasteiger partial charge is 0.496 e. The van der Waals surface area contributed by atoms with Gasteiger partial charge in [0.2, 0.25) is 0 Å². The second-order valence-electron chi connectivity index (χ2n) is 5.63. The Kier molecular flexibility index (Phi) is 4.37. The molecule has 6 nitrogen and oxygen atoms in total. The number of nitro benzene ring substituents is 1. The summed E-state index contributed by atoms with van der Waals surface area (Å²) in [5.41, 5.74) is -0.0663. The summed E-state index contributed by atoms with van der Waals surface area (Å²) in [5, 5.41) is 14.5. The first-order valence-electron chi connectivity index (χ1n) is 7.12. The molecule has 0 heterocycles. The van der Waals surface area contributed by atoms with Crippen LogP contribution in [-0.4, -0.2) is 31.2 Å². The minimum Gasteiger partial charge on any atom is -0.496 e. The molecular weight excluding hydrogens is 272 g/mol. The SMILES string of the molecule is CCC1(C)C(NC)CC1Oc1ccc(OC)cc1[N+](=O)[O-]. The van der Waals surface area contributed by atoms with Crippen molar-refractivity contribution in [1.29, 1.82) is 0 Å². The molecule has 3 unspecified atom stereocenters. The van der Waals surface area contributed by atoms with Gasteiger partial charge >= 0.3 is 5.69 Å². The highest BCUT2D eigenvalue weighted by Gasteiger charge is 2.51. The van der Waals surface area contributed by atoms with E-state index in [1.54, 1.807) is 12.1 Å². The van der Waals surface area contributed by atoms with Crippen LogP contribution in [0.3, 0.4) is 0 Å². The number of rotatable bonds is 6. The monoisotopic (exact) mass is 294 g/mol. The quantitative estimate of drug-likeness (QED) is 0.645. The van der Waals surface area contributed by atoms with Crippen LogP contribution >= 0.6 is 0 Å². The molecule has 3 atom stereocenters. The molecule has 0 radical (unpaired) electrons. The zero-order valence-electron chi connectivity index (χ0n) is 12.9. The average molecular weight is 294 g/mol. The number of nitro groups is 1. The summed E-state index contributed by atoms with van der Waals surface area (Å²) in [7, 11) is 3.42. The van der Waals surface area contributed by atoms with Gasteiger partial charge in [0.15, 0.2) is 5.75 Å². The molecule has 2 rings (SSSR count). The fraction of sp³-hybridized carbons (Fsp3) is 0.600. The molecule has 1 aromatic rings. The van der Waals surface area contributed by atoms with Gasteiger partial charge in [-0.15, -0.1) is 0 Å². The first-order chi connectivity index (χ1) is 9.96. The lowest BCUT2D eigenvalue weighted by Gasteiger charge is -2.53. The first kappa shape index (κ1) is 15.6. The number of ether oxygens (including phenoxy) is 2. The van der Waals surface area contributed by atoms with Crippen LogP contribution in [0.5, 0.6) is 11.5 Å². The number of nitrogens with zero attached hydrogens (tertiary/aromatic N) is 1. The lowest BCUT2D eigenvalue weighted by molar-refractivity contribution is -0.386. The second-order valence-corrected chi connectivity index (χ2v) is 5.63. The van der Waals surface area contributed by atoms with E-state index in [0.717, 1.165) is 12.8 Å². The predicted molar refractivity (Wildman–Crippen MR) is 79.9 cm³/mol. The number of hydrogen-bond acceptors (Lipinski definition) is 5. The van der Waals surface area contributed by atoms with E-state index in [2.05, 4.69) is 19.2 Å². The average Bonchev–Trinajstić information content (AvgIpc) is 2.49. The van der Waals surface area contributed by atoms with E-state index in [4.69, 9.17) is 9.47 Å².